The lowest BCUT2D eigenvalue weighted by molar-refractivity contribution is -0.136. The van der Waals surface area contributed by atoms with Crippen LogP contribution in [-0.2, 0) is 21.5 Å². The average molecular weight is 318 g/mol. The molecule has 0 radical (unpaired) electrons. The van der Waals surface area contributed by atoms with Crippen molar-refractivity contribution in [3.05, 3.63) is 34.6 Å². The smallest absolute Gasteiger partial charge is 0.255 e. The van der Waals surface area contributed by atoms with E-state index in [9.17, 15) is 18.8 Å². The van der Waals surface area contributed by atoms with Gasteiger partial charge in [-0.3, -0.25) is 19.7 Å². The maximum atomic E-state index is 14.3. The highest BCUT2D eigenvalue weighted by Crippen LogP contribution is 2.33. The van der Waals surface area contributed by atoms with Crippen LogP contribution in [0.5, 0.6) is 0 Å². The molecule has 1 aromatic carbocycles. The molecule has 6 heteroatoms. The summed E-state index contributed by atoms with van der Waals surface area (Å²) >= 11 is 0. The maximum Gasteiger partial charge on any atom is 0.255 e. The zero-order chi connectivity index (χ0) is 16.9. The van der Waals surface area contributed by atoms with E-state index in [1.165, 1.54) is 11.0 Å². The minimum absolute atomic E-state index is 0.196. The fraction of sp³-hybridized carbons (Fsp3) is 0.471. The van der Waals surface area contributed by atoms with Gasteiger partial charge in [0, 0.05) is 18.5 Å². The molecule has 2 heterocycles. The van der Waals surface area contributed by atoms with E-state index in [0.717, 1.165) is 0 Å². The summed E-state index contributed by atoms with van der Waals surface area (Å²) in [5.74, 6) is -1.40. The second kappa shape index (κ2) is 5.15. The summed E-state index contributed by atoms with van der Waals surface area (Å²) in [5.41, 5.74) is 1.10. The first kappa shape index (κ1) is 15.6. The Kier molecular flexibility index (Phi) is 3.50. The quantitative estimate of drug-likeness (QED) is 0.804. The number of hydrogen-bond donors (Lipinski definition) is 1. The van der Waals surface area contributed by atoms with E-state index in [1.807, 2.05) is 20.8 Å². The number of halogens is 1. The van der Waals surface area contributed by atoms with Crippen molar-refractivity contribution in [2.45, 2.75) is 51.6 Å². The van der Waals surface area contributed by atoms with Crippen molar-refractivity contribution in [2.75, 3.05) is 0 Å². The van der Waals surface area contributed by atoms with E-state index in [1.54, 1.807) is 6.07 Å². The molecule has 2 aliphatic heterocycles. The van der Waals surface area contributed by atoms with E-state index < -0.39 is 17.4 Å². The molecule has 0 aliphatic carbocycles. The molecule has 3 rings (SSSR count). The molecular weight excluding hydrogens is 299 g/mol. The summed E-state index contributed by atoms with van der Waals surface area (Å²) in [6.45, 7) is 5.85. The molecule has 0 aromatic heterocycles. The fourth-order valence-corrected chi connectivity index (χ4v) is 3.16. The SMILES string of the molecule is CC(C)(C)c1cc2c(cc1F)CN(C1CCC(=O)NC1=O)C2=O. The van der Waals surface area contributed by atoms with Crippen molar-refractivity contribution in [2.24, 2.45) is 0 Å². The molecule has 0 spiro atoms. The van der Waals surface area contributed by atoms with Gasteiger partial charge in [0.1, 0.15) is 11.9 Å². The number of hydrogen-bond acceptors (Lipinski definition) is 3. The van der Waals surface area contributed by atoms with Crippen LogP contribution in [0.1, 0.15) is 55.1 Å². The number of nitrogens with zero attached hydrogens (tertiary/aromatic N) is 1. The molecule has 1 atom stereocenters. The van der Waals surface area contributed by atoms with Gasteiger partial charge in [0.25, 0.3) is 5.91 Å². The number of benzene rings is 1. The molecule has 1 unspecified atom stereocenters. The summed E-state index contributed by atoms with van der Waals surface area (Å²) in [7, 11) is 0. The number of carbonyl (C=O) groups is 3. The minimum Gasteiger partial charge on any atom is -0.322 e. The van der Waals surface area contributed by atoms with E-state index in [-0.39, 0.29) is 30.6 Å². The molecule has 0 bridgehead atoms. The Bertz CT molecular complexity index is 721. The van der Waals surface area contributed by atoms with Crippen molar-refractivity contribution in [3.8, 4) is 0 Å². The number of amides is 3. The van der Waals surface area contributed by atoms with Gasteiger partial charge in [0.05, 0.1) is 0 Å². The normalized spacial score (nSPS) is 21.5. The highest BCUT2D eigenvalue weighted by molar-refractivity contribution is 6.05. The predicted molar refractivity (Wildman–Crippen MR) is 81.1 cm³/mol. The third-order valence-electron chi connectivity index (χ3n) is 4.42. The van der Waals surface area contributed by atoms with Crippen LogP contribution in [0.4, 0.5) is 4.39 Å². The number of piperidine rings is 1. The van der Waals surface area contributed by atoms with Crippen LogP contribution in [0, 0.1) is 5.82 Å². The van der Waals surface area contributed by atoms with Crippen LogP contribution in [-0.4, -0.2) is 28.7 Å². The first-order chi connectivity index (χ1) is 10.7. The lowest BCUT2D eigenvalue weighted by atomic mass is 9.85. The third-order valence-corrected chi connectivity index (χ3v) is 4.42. The molecule has 1 saturated heterocycles. The Labute approximate surface area is 133 Å². The monoisotopic (exact) mass is 318 g/mol. The molecule has 1 fully saturated rings. The van der Waals surface area contributed by atoms with Crippen LogP contribution < -0.4 is 5.32 Å². The summed E-state index contributed by atoms with van der Waals surface area (Å²) in [6.07, 6.45) is 0.511. The van der Waals surface area contributed by atoms with E-state index in [4.69, 9.17) is 0 Å². The highest BCUT2D eigenvalue weighted by atomic mass is 19.1. The van der Waals surface area contributed by atoms with Crippen LogP contribution in [0.15, 0.2) is 12.1 Å². The standard InChI is InChI=1S/C17H19FN2O3/c1-17(2,3)11-7-10-9(6-12(11)18)8-20(16(10)23)13-4-5-14(21)19-15(13)22/h6-7,13H,4-5,8H2,1-3H3,(H,19,21,22). The van der Waals surface area contributed by atoms with Gasteiger partial charge in [-0.1, -0.05) is 20.8 Å². The Morgan fingerprint density at radius 1 is 1.22 bits per heavy atom. The summed E-state index contributed by atoms with van der Waals surface area (Å²) < 4.78 is 14.3. The first-order valence-electron chi connectivity index (χ1n) is 7.66. The van der Waals surface area contributed by atoms with Gasteiger partial charge in [-0.05, 0) is 35.1 Å². The molecule has 5 nitrogen and oxygen atoms in total. The number of fused-ring (bicyclic) bond motifs is 1. The summed E-state index contributed by atoms with van der Waals surface area (Å²) in [4.78, 5) is 37.3. The minimum atomic E-state index is -0.672. The van der Waals surface area contributed by atoms with Crippen molar-refractivity contribution < 1.29 is 18.8 Å². The maximum absolute atomic E-state index is 14.3. The van der Waals surface area contributed by atoms with Crippen molar-refractivity contribution >= 4 is 17.7 Å². The van der Waals surface area contributed by atoms with Gasteiger partial charge in [-0.2, -0.15) is 0 Å². The van der Waals surface area contributed by atoms with Gasteiger partial charge in [-0.15, -0.1) is 0 Å². The van der Waals surface area contributed by atoms with Crippen LogP contribution in [0.3, 0.4) is 0 Å². The molecule has 1 aromatic rings. The van der Waals surface area contributed by atoms with Crippen molar-refractivity contribution in [3.63, 3.8) is 0 Å². The zero-order valence-corrected chi connectivity index (χ0v) is 13.4. The lowest BCUT2D eigenvalue weighted by Crippen LogP contribution is -2.52. The molecule has 23 heavy (non-hydrogen) atoms. The largest absolute Gasteiger partial charge is 0.322 e. The number of nitrogens with one attached hydrogen (secondary N) is 1. The van der Waals surface area contributed by atoms with Crippen LogP contribution in [0.25, 0.3) is 0 Å². The van der Waals surface area contributed by atoms with E-state index in [0.29, 0.717) is 23.1 Å². The summed E-state index contributed by atoms with van der Waals surface area (Å²) in [5, 5.41) is 2.25. The number of rotatable bonds is 1. The Hall–Kier alpha value is -2.24. The molecule has 2 aliphatic rings. The zero-order valence-electron chi connectivity index (χ0n) is 13.4. The van der Waals surface area contributed by atoms with Gasteiger partial charge in [-0.25, -0.2) is 4.39 Å². The Morgan fingerprint density at radius 2 is 1.91 bits per heavy atom. The molecule has 0 saturated carbocycles. The predicted octanol–water partition coefficient (Wildman–Crippen LogP) is 1.88. The molecule has 122 valence electrons. The lowest BCUT2D eigenvalue weighted by Gasteiger charge is -2.29. The van der Waals surface area contributed by atoms with Gasteiger partial charge >= 0.3 is 0 Å². The molecule has 1 N–H and O–H groups in total. The van der Waals surface area contributed by atoms with E-state index >= 15 is 0 Å². The molecular formula is C17H19FN2O3. The summed E-state index contributed by atoms with van der Waals surface area (Å²) in [6, 6.07) is 2.31. The number of imide groups is 1. The van der Waals surface area contributed by atoms with Crippen LogP contribution in [0.2, 0.25) is 0 Å². The van der Waals surface area contributed by atoms with E-state index in [2.05, 4.69) is 5.32 Å². The van der Waals surface area contributed by atoms with Crippen LogP contribution >= 0.6 is 0 Å². The Morgan fingerprint density at radius 3 is 2.52 bits per heavy atom. The second-order valence-electron chi connectivity index (χ2n) is 7.14. The third kappa shape index (κ3) is 2.62. The fourth-order valence-electron chi connectivity index (χ4n) is 3.16. The van der Waals surface area contributed by atoms with Crippen molar-refractivity contribution in [1.82, 2.24) is 10.2 Å². The second-order valence-corrected chi connectivity index (χ2v) is 7.14. The topological polar surface area (TPSA) is 66.5 Å². The Balaban J connectivity index is 1.94. The van der Waals surface area contributed by atoms with Gasteiger partial charge in [0.2, 0.25) is 11.8 Å². The van der Waals surface area contributed by atoms with Gasteiger partial charge in [0.15, 0.2) is 0 Å². The highest BCUT2D eigenvalue weighted by Gasteiger charge is 2.40. The number of carbonyl (C=O) groups excluding carboxylic acids is 3. The van der Waals surface area contributed by atoms with Gasteiger partial charge < -0.3 is 4.90 Å². The first-order valence-corrected chi connectivity index (χ1v) is 7.66. The van der Waals surface area contributed by atoms with Crippen molar-refractivity contribution in [1.29, 1.82) is 0 Å². The molecule has 3 amide bonds. The average Bonchev–Trinajstić information content (AvgIpc) is 2.73.